The van der Waals surface area contributed by atoms with Crippen LogP contribution in [-0.4, -0.2) is 44.2 Å². The fourth-order valence-corrected chi connectivity index (χ4v) is 5.75. The van der Waals surface area contributed by atoms with E-state index < -0.39 is 11.8 Å². The van der Waals surface area contributed by atoms with Crippen molar-refractivity contribution in [3.05, 3.63) is 119 Å². The van der Waals surface area contributed by atoms with Gasteiger partial charge in [0.05, 0.1) is 20.0 Å². The van der Waals surface area contributed by atoms with E-state index in [2.05, 4.69) is 16.7 Å². The summed E-state index contributed by atoms with van der Waals surface area (Å²) in [6.45, 7) is 0.722. The van der Waals surface area contributed by atoms with Crippen molar-refractivity contribution >= 4 is 46.9 Å². The number of carbonyl (C=O) groups is 3. The number of thioether (sulfide) groups is 1. The Kier molecular flexibility index (Phi) is 9.99. The van der Waals surface area contributed by atoms with Gasteiger partial charge >= 0.3 is 0 Å². The van der Waals surface area contributed by atoms with Crippen LogP contribution in [0.2, 0.25) is 0 Å². The standard InChI is InChI=1S/C35H33N3O5S/c1-42-31-16-8-13-26(33(31)43-2)22-29(37-34(40)25-11-4-3-5-12-25)35(41)36-27-17-19-28(20-18-27)44-23-32(39)38-21-9-14-24-10-6-7-15-30(24)38/h3-8,10-13,15-20,22H,9,14,21,23H2,1-2H3,(H,36,41)(H,37,40)/b29-22-. The molecule has 224 valence electrons. The summed E-state index contributed by atoms with van der Waals surface area (Å²) in [6, 6.07) is 29.2. The maximum absolute atomic E-state index is 13.5. The van der Waals surface area contributed by atoms with Gasteiger partial charge in [0.1, 0.15) is 5.70 Å². The van der Waals surface area contributed by atoms with Crippen molar-refractivity contribution in [2.45, 2.75) is 17.7 Å². The third-order valence-electron chi connectivity index (χ3n) is 7.15. The van der Waals surface area contributed by atoms with Gasteiger partial charge in [-0.05, 0) is 73.0 Å². The molecule has 1 heterocycles. The Bertz CT molecular complexity index is 1670. The molecular weight excluding hydrogens is 574 g/mol. The van der Waals surface area contributed by atoms with Crippen LogP contribution >= 0.6 is 11.8 Å². The van der Waals surface area contributed by atoms with Crippen LogP contribution in [0.1, 0.15) is 27.9 Å². The molecule has 0 saturated carbocycles. The molecule has 4 aromatic rings. The molecule has 4 aromatic carbocycles. The van der Waals surface area contributed by atoms with Crippen molar-refractivity contribution in [1.82, 2.24) is 5.32 Å². The average molecular weight is 608 g/mol. The largest absolute Gasteiger partial charge is 0.493 e. The third kappa shape index (κ3) is 7.30. The number of rotatable bonds is 10. The van der Waals surface area contributed by atoms with Gasteiger partial charge in [-0.1, -0.05) is 48.5 Å². The lowest BCUT2D eigenvalue weighted by Crippen LogP contribution is -2.36. The molecule has 0 saturated heterocycles. The number of amides is 3. The zero-order valence-electron chi connectivity index (χ0n) is 24.5. The summed E-state index contributed by atoms with van der Waals surface area (Å²) in [7, 11) is 3.04. The smallest absolute Gasteiger partial charge is 0.272 e. The number of hydrogen-bond acceptors (Lipinski definition) is 6. The Labute approximate surface area is 261 Å². The molecule has 8 nitrogen and oxygen atoms in total. The lowest BCUT2D eigenvalue weighted by molar-refractivity contribution is -0.116. The van der Waals surface area contributed by atoms with Crippen molar-refractivity contribution in [1.29, 1.82) is 0 Å². The van der Waals surface area contributed by atoms with E-state index in [1.54, 1.807) is 60.7 Å². The van der Waals surface area contributed by atoms with E-state index in [9.17, 15) is 14.4 Å². The van der Waals surface area contributed by atoms with Gasteiger partial charge < -0.3 is 25.0 Å². The van der Waals surface area contributed by atoms with Crippen LogP contribution in [0.3, 0.4) is 0 Å². The zero-order chi connectivity index (χ0) is 30.9. The first-order valence-electron chi connectivity index (χ1n) is 14.2. The Morgan fingerprint density at radius 3 is 2.36 bits per heavy atom. The van der Waals surface area contributed by atoms with Gasteiger partial charge in [0.2, 0.25) is 5.91 Å². The topological polar surface area (TPSA) is 97.0 Å². The van der Waals surface area contributed by atoms with Crippen LogP contribution in [0.5, 0.6) is 11.5 Å². The first-order valence-corrected chi connectivity index (χ1v) is 15.2. The lowest BCUT2D eigenvalue weighted by atomic mass is 10.0. The van der Waals surface area contributed by atoms with Crippen LogP contribution in [0.4, 0.5) is 11.4 Å². The summed E-state index contributed by atoms with van der Waals surface area (Å²) in [6.07, 6.45) is 3.49. The highest BCUT2D eigenvalue weighted by molar-refractivity contribution is 8.00. The number of methoxy groups -OCH3 is 2. The molecule has 5 rings (SSSR count). The van der Waals surface area contributed by atoms with E-state index in [4.69, 9.17) is 9.47 Å². The summed E-state index contributed by atoms with van der Waals surface area (Å²) in [5.74, 6) is 0.349. The minimum absolute atomic E-state index is 0.0243. The number of ether oxygens (including phenoxy) is 2. The summed E-state index contributed by atoms with van der Waals surface area (Å²) < 4.78 is 10.9. The summed E-state index contributed by atoms with van der Waals surface area (Å²) in [4.78, 5) is 42.3. The second kappa shape index (κ2) is 14.4. The minimum atomic E-state index is -0.515. The normalized spacial score (nSPS) is 12.6. The Balaban J connectivity index is 1.29. The maximum atomic E-state index is 13.5. The van der Waals surface area contributed by atoms with Gasteiger partial charge in [-0.3, -0.25) is 14.4 Å². The number of benzene rings is 4. The van der Waals surface area contributed by atoms with Crippen LogP contribution in [0.25, 0.3) is 6.08 Å². The molecule has 0 fully saturated rings. The molecule has 9 heteroatoms. The number of aryl methyl sites for hydroxylation is 1. The predicted octanol–water partition coefficient (Wildman–Crippen LogP) is 6.18. The number of nitrogens with zero attached hydrogens (tertiary/aromatic N) is 1. The molecule has 0 spiro atoms. The fourth-order valence-electron chi connectivity index (χ4n) is 4.97. The van der Waals surface area contributed by atoms with Crippen molar-refractivity contribution in [2.75, 3.05) is 36.7 Å². The van der Waals surface area contributed by atoms with Gasteiger partial charge in [-0.15, -0.1) is 11.8 Å². The van der Waals surface area contributed by atoms with Crippen molar-refractivity contribution in [3.8, 4) is 11.5 Å². The highest BCUT2D eigenvalue weighted by atomic mass is 32.2. The van der Waals surface area contributed by atoms with E-state index in [-0.39, 0.29) is 11.6 Å². The summed E-state index contributed by atoms with van der Waals surface area (Å²) in [5.41, 5.74) is 3.72. The van der Waals surface area contributed by atoms with E-state index in [1.807, 2.05) is 41.3 Å². The van der Waals surface area contributed by atoms with E-state index >= 15 is 0 Å². The highest BCUT2D eigenvalue weighted by Crippen LogP contribution is 2.32. The third-order valence-corrected chi connectivity index (χ3v) is 8.14. The SMILES string of the molecule is COc1cccc(/C=C(\NC(=O)c2ccccc2)C(=O)Nc2ccc(SCC(=O)N3CCCc4ccccc43)cc2)c1OC. The predicted molar refractivity (Wildman–Crippen MR) is 174 cm³/mol. The zero-order valence-corrected chi connectivity index (χ0v) is 25.4. The minimum Gasteiger partial charge on any atom is -0.493 e. The first-order chi connectivity index (χ1) is 21.5. The number of hydrogen-bond donors (Lipinski definition) is 2. The summed E-state index contributed by atoms with van der Waals surface area (Å²) in [5, 5.41) is 5.60. The van der Waals surface area contributed by atoms with E-state index in [0.717, 1.165) is 30.0 Å². The number of nitrogens with one attached hydrogen (secondary N) is 2. The Morgan fingerprint density at radius 1 is 0.864 bits per heavy atom. The van der Waals surface area contributed by atoms with Crippen molar-refractivity contribution in [3.63, 3.8) is 0 Å². The molecule has 0 bridgehead atoms. The molecule has 0 unspecified atom stereocenters. The van der Waals surface area contributed by atoms with Crippen LogP contribution in [0, 0.1) is 0 Å². The molecule has 3 amide bonds. The molecule has 0 radical (unpaired) electrons. The van der Waals surface area contributed by atoms with Gasteiger partial charge in [0, 0.05) is 33.9 Å². The molecule has 1 aliphatic heterocycles. The lowest BCUT2D eigenvalue weighted by Gasteiger charge is -2.29. The van der Waals surface area contributed by atoms with Crippen molar-refractivity contribution in [2.24, 2.45) is 0 Å². The second-order valence-electron chi connectivity index (χ2n) is 10.0. The number of fused-ring (bicyclic) bond motifs is 1. The monoisotopic (exact) mass is 607 g/mol. The Hall–Kier alpha value is -5.02. The molecular formula is C35H33N3O5S. The average Bonchev–Trinajstić information content (AvgIpc) is 3.07. The van der Waals surface area contributed by atoms with Crippen LogP contribution in [0.15, 0.2) is 108 Å². The molecule has 2 N–H and O–H groups in total. The number of anilines is 2. The number of carbonyl (C=O) groups excluding carboxylic acids is 3. The van der Waals surface area contributed by atoms with Gasteiger partial charge in [0.15, 0.2) is 11.5 Å². The summed E-state index contributed by atoms with van der Waals surface area (Å²) >= 11 is 1.45. The molecule has 1 aliphatic rings. The van der Waals surface area contributed by atoms with Gasteiger partial charge in [-0.25, -0.2) is 0 Å². The Morgan fingerprint density at radius 2 is 1.61 bits per heavy atom. The molecule has 0 aromatic heterocycles. The molecule has 0 atom stereocenters. The number of para-hydroxylation sites is 2. The molecule has 0 aliphatic carbocycles. The van der Waals surface area contributed by atoms with Crippen LogP contribution < -0.4 is 25.0 Å². The fraction of sp³-hybridized carbons (Fsp3) is 0.171. The molecule has 44 heavy (non-hydrogen) atoms. The van der Waals surface area contributed by atoms with Gasteiger partial charge in [-0.2, -0.15) is 0 Å². The second-order valence-corrected chi connectivity index (χ2v) is 11.1. The van der Waals surface area contributed by atoms with E-state index in [0.29, 0.717) is 34.1 Å². The maximum Gasteiger partial charge on any atom is 0.272 e. The van der Waals surface area contributed by atoms with E-state index in [1.165, 1.54) is 31.5 Å². The first kappa shape index (κ1) is 30.4. The van der Waals surface area contributed by atoms with Crippen LogP contribution in [-0.2, 0) is 16.0 Å². The highest BCUT2D eigenvalue weighted by Gasteiger charge is 2.22. The van der Waals surface area contributed by atoms with Gasteiger partial charge in [0.25, 0.3) is 11.8 Å². The van der Waals surface area contributed by atoms with Crippen molar-refractivity contribution < 1.29 is 23.9 Å². The quantitative estimate of drug-likeness (QED) is 0.165.